The van der Waals surface area contributed by atoms with Gasteiger partial charge in [0.05, 0.1) is 18.9 Å². The van der Waals surface area contributed by atoms with Crippen LogP contribution in [0.25, 0.3) is 0 Å². The molecule has 6 nitrogen and oxygen atoms in total. The maximum atomic E-state index is 11.9. The molecule has 1 amide bonds. The van der Waals surface area contributed by atoms with E-state index in [1.807, 2.05) is 0 Å². The highest BCUT2D eigenvalue weighted by molar-refractivity contribution is 5.97. The van der Waals surface area contributed by atoms with Gasteiger partial charge in [-0.05, 0) is 30.3 Å². The second kappa shape index (κ2) is 6.42. The number of nitrogens with one attached hydrogen (secondary N) is 1. The smallest absolute Gasteiger partial charge is 0.275 e. The van der Waals surface area contributed by atoms with Gasteiger partial charge in [0.15, 0.2) is 0 Å². The van der Waals surface area contributed by atoms with Crippen LogP contribution < -0.4 is 10.2 Å². The van der Waals surface area contributed by atoms with E-state index in [2.05, 4.69) is 10.5 Å². The summed E-state index contributed by atoms with van der Waals surface area (Å²) in [6, 6.07) is 10.7. The van der Waals surface area contributed by atoms with Crippen molar-refractivity contribution in [2.24, 2.45) is 5.10 Å². The topological polar surface area (TPSA) is 91.2 Å². The van der Waals surface area contributed by atoms with Crippen LogP contribution in [0.5, 0.6) is 17.2 Å². The van der Waals surface area contributed by atoms with E-state index >= 15 is 0 Å². The summed E-state index contributed by atoms with van der Waals surface area (Å²) >= 11 is 0. The van der Waals surface area contributed by atoms with E-state index in [-0.39, 0.29) is 17.1 Å². The van der Waals surface area contributed by atoms with E-state index in [9.17, 15) is 15.0 Å². The lowest BCUT2D eigenvalue weighted by Crippen LogP contribution is -2.18. The molecule has 0 aliphatic rings. The number of methoxy groups -OCH3 is 1. The fourth-order valence-corrected chi connectivity index (χ4v) is 1.70. The van der Waals surface area contributed by atoms with Crippen molar-refractivity contribution in [1.29, 1.82) is 0 Å². The molecule has 21 heavy (non-hydrogen) atoms. The molecule has 108 valence electrons. The summed E-state index contributed by atoms with van der Waals surface area (Å²) in [5.74, 6) is -0.0675. The first-order chi connectivity index (χ1) is 10.1. The Labute approximate surface area is 121 Å². The Kier molecular flexibility index (Phi) is 4.40. The number of benzene rings is 2. The van der Waals surface area contributed by atoms with Crippen LogP contribution >= 0.6 is 0 Å². The highest BCUT2D eigenvalue weighted by atomic mass is 16.5. The standard InChI is InChI=1S/C15H14N2O4/c1-21-14-5-3-2-4-12(14)15(20)17-16-9-10-8-11(18)6-7-13(10)19/h2-9,18-19H,1H3,(H,17,20)/b16-9+. The van der Waals surface area contributed by atoms with Gasteiger partial charge in [-0.2, -0.15) is 5.10 Å². The number of hydrogen-bond acceptors (Lipinski definition) is 5. The first kappa shape index (κ1) is 14.4. The predicted octanol–water partition coefficient (Wildman–Crippen LogP) is 1.87. The van der Waals surface area contributed by atoms with Gasteiger partial charge in [0.25, 0.3) is 5.91 Å². The molecule has 0 heterocycles. The van der Waals surface area contributed by atoms with Crippen LogP contribution in [0.2, 0.25) is 0 Å². The van der Waals surface area contributed by atoms with Crippen LogP contribution in [0, 0.1) is 0 Å². The van der Waals surface area contributed by atoms with Crippen LogP contribution in [0.1, 0.15) is 15.9 Å². The number of hydrazone groups is 1. The molecule has 2 aromatic rings. The quantitative estimate of drug-likeness (QED) is 0.454. The third kappa shape index (κ3) is 3.50. The molecule has 0 radical (unpaired) electrons. The number of aromatic hydroxyl groups is 2. The van der Waals surface area contributed by atoms with Gasteiger partial charge in [-0.1, -0.05) is 12.1 Å². The van der Waals surface area contributed by atoms with Gasteiger partial charge in [-0.3, -0.25) is 4.79 Å². The maximum Gasteiger partial charge on any atom is 0.275 e. The van der Waals surface area contributed by atoms with Gasteiger partial charge in [0.1, 0.15) is 17.2 Å². The van der Waals surface area contributed by atoms with Crippen molar-refractivity contribution >= 4 is 12.1 Å². The Morgan fingerprint density at radius 3 is 2.76 bits per heavy atom. The molecular weight excluding hydrogens is 272 g/mol. The summed E-state index contributed by atoms with van der Waals surface area (Å²) in [7, 11) is 1.47. The zero-order chi connectivity index (χ0) is 15.2. The van der Waals surface area contributed by atoms with Gasteiger partial charge >= 0.3 is 0 Å². The zero-order valence-corrected chi connectivity index (χ0v) is 11.3. The van der Waals surface area contributed by atoms with Gasteiger partial charge in [-0.15, -0.1) is 0 Å². The summed E-state index contributed by atoms with van der Waals surface area (Å²) < 4.78 is 5.08. The fraction of sp³-hybridized carbons (Fsp3) is 0.0667. The number of phenols is 2. The minimum atomic E-state index is -0.441. The number of phenolic OH excluding ortho intramolecular Hbond substituents is 2. The monoisotopic (exact) mass is 286 g/mol. The predicted molar refractivity (Wildman–Crippen MR) is 77.8 cm³/mol. The summed E-state index contributed by atoms with van der Waals surface area (Å²) in [6.45, 7) is 0. The normalized spacial score (nSPS) is 10.5. The number of carbonyl (C=O) groups excluding carboxylic acids is 1. The zero-order valence-electron chi connectivity index (χ0n) is 11.3. The van der Waals surface area contributed by atoms with E-state index in [1.165, 1.54) is 31.5 Å². The Morgan fingerprint density at radius 1 is 1.24 bits per heavy atom. The van der Waals surface area contributed by atoms with Gasteiger partial charge in [0.2, 0.25) is 0 Å². The molecule has 6 heteroatoms. The molecule has 2 rings (SSSR count). The molecule has 2 aromatic carbocycles. The fourth-order valence-electron chi connectivity index (χ4n) is 1.70. The van der Waals surface area contributed by atoms with Crippen LogP contribution in [0.15, 0.2) is 47.6 Å². The van der Waals surface area contributed by atoms with Crippen LogP contribution in [-0.4, -0.2) is 29.4 Å². The number of carbonyl (C=O) groups is 1. The molecule has 3 N–H and O–H groups in total. The maximum absolute atomic E-state index is 11.9. The first-order valence-corrected chi connectivity index (χ1v) is 6.10. The molecule has 0 spiro atoms. The van der Waals surface area contributed by atoms with Crippen molar-refractivity contribution in [3.63, 3.8) is 0 Å². The molecule has 0 bridgehead atoms. The number of hydrogen-bond donors (Lipinski definition) is 3. The Balaban J connectivity index is 2.10. The largest absolute Gasteiger partial charge is 0.508 e. The number of ether oxygens (including phenoxy) is 1. The lowest BCUT2D eigenvalue weighted by Gasteiger charge is -2.06. The van der Waals surface area contributed by atoms with E-state index < -0.39 is 5.91 Å². The average molecular weight is 286 g/mol. The second-order valence-corrected chi connectivity index (χ2v) is 4.14. The molecule has 0 aliphatic heterocycles. The molecule has 0 atom stereocenters. The summed E-state index contributed by atoms with van der Waals surface area (Å²) in [4.78, 5) is 11.9. The third-order valence-corrected chi connectivity index (χ3v) is 2.73. The van der Waals surface area contributed by atoms with E-state index in [4.69, 9.17) is 4.74 Å². The Hall–Kier alpha value is -3.02. The molecule has 0 aromatic heterocycles. The van der Waals surface area contributed by atoms with Crippen molar-refractivity contribution in [2.75, 3.05) is 7.11 Å². The highest BCUT2D eigenvalue weighted by Crippen LogP contribution is 2.20. The summed E-state index contributed by atoms with van der Waals surface area (Å²) in [5, 5.41) is 22.6. The van der Waals surface area contributed by atoms with E-state index in [1.54, 1.807) is 24.3 Å². The van der Waals surface area contributed by atoms with E-state index in [0.717, 1.165) is 0 Å². The Morgan fingerprint density at radius 2 is 2.00 bits per heavy atom. The molecule has 0 fully saturated rings. The molecular formula is C15H14N2O4. The molecule has 0 unspecified atom stereocenters. The van der Waals surface area contributed by atoms with Gasteiger partial charge < -0.3 is 14.9 Å². The molecule has 0 aliphatic carbocycles. The number of rotatable bonds is 4. The van der Waals surface area contributed by atoms with Gasteiger partial charge in [0, 0.05) is 5.56 Å². The van der Waals surface area contributed by atoms with Crippen molar-refractivity contribution in [3.8, 4) is 17.2 Å². The minimum absolute atomic E-state index is 0.00898. The highest BCUT2D eigenvalue weighted by Gasteiger charge is 2.10. The van der Waals surface area contributed by atoms with Crippen LogP contribution in [0.4, 0.5) is 0 Å². The van der Waals surface area contributed by atoms with Crippen molar-refractivity contribution in [2.45, 2.75) is 0 Å². The van der Waals surface area contributed by atoms with E-state index in [0.29, 0.717) is 11.3 Å². The van der Waals surface area contributed by atoms with Crippen LogP contribution in [-0.2, 0) is 0 Å². The minimum Gasteiger partial charge on any atom is -0.508 e. The Bertz CT molecular complexity index is 683. The SMILES string of the molecule is COc1ccccc1C(=O)N/N=C/c1cc(O)ccc1O. The van der Waals surface area contributed by atoms with Crippen molar-refractivity contribution in [1.82, 2.24) is 5.43 Å². The van der Waals surface area contributed by atoms with Gasteiger partial charge in [-0.25, -0.2) is 5.43 Å². The van der Waals surface area contributed by atoms with Crippen LogP contribution in [0.3, 0.4) is 0 Å². The molecule has 0 saturated carbocycles. The molecule has 0 saturated heterocycles. The summed E-state index contributed by atoms with van der Waals surface area (Å²) in [5.41, 5.74) is 2.96. The lowest BCUT2D eigenvalue weighted by molar-refractivity contribution is 0.0952. The number of nitrogens with zero attached hydrogens (tertiary/aromatic N) is 1. The number of para-hydroxylation sites is 1. The lowest BCUT2D eigenvalue weighted by atomic mass is 10.2. The summed E-state index contributed by atoms with van der Waals surface area (Å²) in [6.07, 6.45) is 1.24. The third-order valence-electron chi connectivity index (χ3n) is 2.73. The second-order valence-electron chi connectivity index (χ2n) is 4.14. The first-order valence-electron chi connectivity index (χ1n) is 6.10. The number of amides is 1. The van der Waals surface area contributed by atoms with Crippen molar-refractivity contribution < 1.29 is 19.7 Å². The average Bonchev–Trinajstić information content (AvgIpc) is 2.50. The van der Waals surface area contributed by atoms with Crippen molar-refractivity contribution in [3.05, 3.63) is 53.6 Å².